The molecule has 0 aliphatic heterocycles. The van der Waals surface area contributed by atoms with Crippen LogP contribution in [-0.2, 0) is 6.54 Å². The maximum atomic E-state index is 12.3. The molecule has 5 heteroatoms. The molecule has 1 aromatic carbocycles. The van der Waals surface area contributed by atoms with E-state index in [2.05, 4.69) is 46.8 Å². The Morgan fingerprint density at radius 3 is 2.63 bits per heavy atom. The average molecular weight is 336 g/mol. The zero-order valence-electron chi connectivity index (χ0n) is 11.5. The Labute approximate surface area is 121 Å². The van der Waals surface area contributed by atoms with Gasteiger partial charge in [-0.15, -0.1) is 0 Å². The molecule has 0 aromatic heterocycles. The first-order chi connectivity index (χ1) is 8.84. The van der Waals surface area contributed by atoms with Gasteiger partial charge >= 0.3 is 6.61 Å². The summed E-state index contributed by atoms with van der Waals surface area (Å²) in [6.07, 6.45) is 1.05. The Morgan fingerprint density at radius 1 is 1.37 bits per heavy atom. The van der Waals surface area contributed by atoms with Crippen molar-refractivity contribution in [2.24, 2.45) is 5.41 Å². The fraction of sp³-hybridized carbons (Fsp3) is 0.571. The largest absolute Gasteiger partial charge is 0.434 e. The van der Waals surface area contributed by atoms with Crippen molar-refractivity contribution in [2.45, 2.75) is 40.3 Å². The van der Waals surface area contributed by atoms with Crippen LogP contribution in [0.3, 0.4) is 0 Å². The lowest BCUT2D eigenvalue weighted by atomic mass is 9.90. The van der Waals surface area contributed by atoms with E-state index >= 15 is 0 Å². The van der Waals surface area contributed by atoms with Gasteiger partial charge in [0.25, 0.3) is 0 Å². The average Bonchev–Trinajstić information content (AvgIpc) is 2.32. The lowest BCUT2D eigenvalue weighted by molar-refractivity contribution is -0.0505. The van der Waals surface area contributed by atoms with Gasteiger partial charge in [0.1, 0.15) is 5.75 Å². The standard InChI is InChI=1S/C14H20BrF2NO/c1-4-14(2,3)9-18-8-10-7-11(15)5-6-12(10)19-13(16)17/h5-7,13,18H,4,8-9H2,1-3H3. The summed E-state index contributed by atoms with van der Waals surface area (Å²) in [7, 11) is 0. The van der Waals surface area contributed by atoms with Gasteiger partial charge in [-0.1, -0.05) is 36.7 Å². The Balaban J connectivity index is 2.68. The number of benzene rings is 1. The van der Waals surface area contributed by atoms with Crippen LogP contribution in [0, 0.1) is 5.41 Å². The Morgan fingerprint density at radius 2 is 2.05 bits per heavy atom. The van der Waals surface area contributed by atoms with E-state index in [4.69, 9.17) is 0 Å². The topological polar surface area (TPSA) is 21.3 Å². The summed E-state index contributed by atoms with van der Waals surface area (Å²) in [5, 5.41) is 3.29. The second-order valence-electron chi connectivity index (χ2n) is 5.25. The van der Waals surface area contributed by atoms with Crippen molar-refractivity contribution in [3.63, 3.8) is 0 Å². The van der Waals surface area contributed by atoms with E-state index in [0.29, 0.717) is 6.54 Å². The summed E-state index contributed by atoms with van der Waals surface area (Å²) in [5.41, 5.74) is 0.914. The van der Waals surface area contributed by atoms with Crippen molar-refractivity contribution in [2.75, 3.05) is 6.54 Å². The van der Waals surface area contributed by atoms with E-state index in [1.807, 2.05) is 0 Å². The molecule has 0 aliphatic rings. The summed E-state index contributed by atoms with van der Waals surface area (Å²) in [6, 6.07) is 5.04. The number of alkyl halides is 2. The predicted molar refractivity (Wildman–Crippen MR) is 76.6 cm³/mol. The highest BCUT2D eigenvalue weighted by Crippen LogP contribution is 2.25. The van der Waals surface area contributed by atoms with Gasteiger partial charge < -0.3 is 10.1 Å². The molecule has 0 bridgehead atoms. The first kappa shape index (κ1) is 16.4. The van der Waals surface area contributed by atoms with Crippen LogP contribution in [0.15, 0.2) is 22.7 Å². The number of ether oxygens (including phenoxy) is 1. The predicted octanol–water partition coefficient (Wildman–Crippen LogP) is 4.58. The third-order valence-electron chi connectivity index (χ3n) is 3.11. The Bertz CT molecular complexity index is 410. The normalized spacial score (nSPS) is 11.9. The summed E-state index contributed by atoms with van der Waals surface area (Å²) in [6.45, 7) is 4.99. The van der Waals surface area contributed by atoms with E-state index in [-0.39, 0.29) is 11.2 Å². The van der Waals surface area contributed by atoms with E-state index in [1.54, 1.807) is 18.2 Å². The molecule has 0 amide bonds. The van der Waals surface area contributed by atoms with Crippen molar-refractivity contribution in [3.8, 4) is 5.75 Å². The number of halogens is 3. The molecule has 1 aromatic rings. The summed E-state index contributed by atoms with van der Waals surface area (Å²) < 4.78 is 30.0. The van der Waals surface area contributed by atoms with Crippen LogP contribution in [-0.4, -0.2) is 13.2 Å². The molecule has 1 N–H and O–H groups in total. The van der Waals surface area contributed by atoms with E-state index in [9.17, 15) is 8.78 Å². The van der Waals surface area contributed by atoms with Gasteiger partial charge in [-0.05, 0) is 30.0 Å². The minimum absolute atomic E-state index is 0.190. The highest BCUT2D eigenvalue weighted by atomic mass is 79.9. The number of hydrogen-bond acceptors (Lipinski definition) is 2. The van der Waals surface area contributed by atoms with Gasteiger partial charge in [0.05, 0.1) is 0 Å². The molecule has 0 spiro atoms. The van der Waals surface area contributed by atoms with Crippen molar-refractivity contribution in [3.05, 3.63) is 28.2 Å². The number of hydrogen-bond donors (Lipinski definition) is 1. The maximum Gasteiger partial charge on any atom is 0.387 e. The fourth-order valence-electron chi connectivity index (χ4n) is 1.56. The molecule has 0 unspecified atom stereocenters. The lowest BCUT2D eigenvalue weighted by Gasteiger charge is -2.23. The molecule has 2 nitrogen and oxygen atoms in total. The van der Waals surface area contributed by atoms with Gasteiger partial charge in [0, 0.05) is 23.1 Å². The maximum absolute atomic E-state index is 12.3. The Kier molecular flexibility index (Phi) is 6.20. The zero-order chi connectivity index (χ0) is 14.5. The summed E-state index contributed by atoms with van der Waals surface area (Å²) in [5.74, 6) is 0.222. The highest BCUT2D eigenvalue weighted by Gasteiger charge is 2.15. The molecular weight excluding hydrogens is 316 g/mol. The monoisotopic (exact) mass is 335 g/mol. The van der Waals surface area contributed by atoms with E-state index in [0.717, 1.165) is 23.0 Å². The van der Waals surface area contributed by atoms with Gasteiger partial charge in [0.15, 0.2) is 0 Å². The zero-order valence-corrected chi connectivity index (χ0v) is 13.1. The fourth-order valence-corrected chi connectivity index (χ4v) is 1.97. The van der Waals surface area contributed by atoms with Gasteiger partial charge in [-0.2, -0.15) is 8.78 Å². The Hall–Kier alpha value is -0.680. The molecular formula is C14H20BrF2NO. The van der Waals surface area contributed by atoms with Gasteiger partial charge in [-0.3, -0.25) is 0 Å². The van der Waals surface area contributed by atoms with Crippen molar-refractivity contribution in [1.29, 1.82) is 0 Å². The quantitative estimate of drug-likeness (QED) is 0.787. The summed E-state index contributed by atoms with van der Waals surface area (Å²) >= 11 is 3.34. The van der Waals surface area contributed by atoms with E-state index < -0.39 is 6.61 Å². The van der Waals surface area contributed by atoms with Gasteiger partial charge in [-0.25, -0.2) is 0 Å². The van der Waals surface area contributed by atoms with Crippen LogP contribution >= 0.6 is 15.9 Å². The molecule has 0 saturated carbocycles. The second kappa shape index (κ2) is 7.20. The van der Waals surface area contributed by atoms with Crippen LogP contribution in [0.2, 0.25) is 0 Å². The number of nitrogens with one attached hydrogen (secondary N) is 1. The molecule has 0 radical (unpaired) electrons. The SMILES string of the molecule is CCC(C)(C)CNCc1cc(Br)ccc1OC(F)F. The highest BCUT2D eigenvalue weighted by molar-refractivity contribution is 9.10. The van der Waals surface area contributed by atoms with Crippen molar-refractivity contribution >= 4 is 15.9 Å². The van der Waals surface area contributed by atoms with Crippen molar-refractivity contribution in [1.82, 2.24) is 5.32 Å². The minimum atomic E-state index is -2.80. The molecule has 0 saturated heterocycles. The third-order valence-corrected chi connectivity index (χ3v) is 3.61. The first-order valence-electron chi connectivity index (χ1n) is 6.28. The molecule has 0 atom stereocenters. The molecule has 108 valence electrons. The first-order valence-corrected chi connectivity index (χ1v) is 7.07. The van der Waals surface area contributed by atoms with Crippen molar-refractivity contribution < 1.29 is 13.5 Å². The van der Waals surface area contributed by atoms with Gasteiger partial charge in [0.2, 0.25) is 0 Å². The minimum Gasteiger partial charge on any atom is -0.434 e. The molecule has 0 fully saturated rings. The molecule has 1 rings (SSSR count). The third kappa shape index (κ3) is 5.87. The van der Waals surface area contributed by atoms with Crippen LogP contribution in [0.4, 0.5) is 8.78 Å². The lowest BCUT2D eigenvalue weighted by Crippen LogP contribution is -2.28. The van der Waals surface area contributed by atoms with E-state index in [1.165, 1.54) is 0 Å². The summed E-state index contributed by atoms with van der Waals surface area (Å²) in [4.78, 5) is 0. The molecule has 0 heterocycles. The van der Waals surface area contributed by atoms with Crippen LogP contribution in [0.5, 0.6) is 5.75 Å². The number of rotatable bonds is 7. The van der Waals surface area contributed by atoms with Crippen LogP contribution in [0.1, 0.15) is 32.8 Å². The van der Waals surface area contributed by atoms with Crippen LogP contribution in [0.25, 0.3) is 0 Å². The van der Waals surface area contributed by atoms with Crippen LogP contribution < -0.4 is 10.1 Å². The second-order valence-corrected chi connectivity index (χ2v) is 6.17. The molecule has 19 heavy (non-hydrogen) atoms. The smallest absolute Gasteiger partial charge is 0.387 e. The molecule has 0 aliphatic carbocycles.